The summed E-state index contributed by atoms with van der Waals surface area (Å²) in [5.74, 6) is 1.64. The molecule has 0 radical (unpaired) electrons. The molecule has 3 saturated carbocycles. The number of aromatic nitrogens is 2. The second-order valence-electron chi connectivity index (χ2n) is 17.6. The number of carbonyl (C=O) groups excluding carboxylic acids is 2. The van der Waals surface area contributed by atoms with Gasteiger partial charge in [0.25, 0.3) is 0 Å². The van der Waals surface area contributed by atoms with Gasteiger partial charge in [0.1, 0.15) is 0 Å². The van der Waals surface area contributed by atoms with Crippen LogP contribution in [0.4, 0.5) is 0 Å². The van der Waals surface area contributed by atoms with Crippen LogP contribution in [0.3, 0.4) is 0 Å². The van der Waals surface area contributed by atoms with Gasteiger partial charge in [0.2, 0.25) is 11.6 Å². The molecule has 0 saturated heterocycles. The fraction of sp³-hybridized carbons (Fsp3) is 0.750. The van der Waals surface area contributed by atoms with Crippen molar-refractivity contribution in [2.75, 3.05) is 0 Å². The van der Waals surface area contributed by atoms with Crippen LogP contribution >= 0.6 is 0 Å². The highest BCUT2D eigenvalue weighted by Gasteiger charge is 2.70. The average Bonchev–Trinajstić information content (AvgIpc) is 3.39. The molecule has 0 aromatic carbocycles. The van der Waals surface area contributed by atoms with Crippen molar-refractivity contribution in [3.63, 3.8) is 0 Å². The molecule has 0 bridgehead atoms. The highest BCUT2D eigenvalue weighted by atomic mass is 16.5. The molecule has 0 spiro atoms. The molecule has 7 atom stereocenters. The molecule has 226 valence electrons. The van der Waals surface area contributed by atoms with Crippen LogP contribution in [0.15, 0.2) is 27.9 Å². The second-order valence-corrected chi connectivity index (χ2v) is 17.6. The number of Topliss-reactive ketones (excluding diaryl/α,β-unsaturated/α-hetero) is 1. The molecule has 1 aromatic rings. The zero-order valence-electron chi connectivity index (χ0n) is 27.4. The lowest BCUT2D eigenvalue weighted by Crippen LogP contribution is -2.65. The van der Waals surface area contributed by atoms with E-state index in [9.17, 15) is 9.59 Å². The highest BCUT2D eigenvalue weighted by Crippen LogP contribution is 2.74. The maximum atomic E-state index is 14.7. The predicted molar refractivity (Wildman–Crippen MR) is 162 cm³/mol. The zero-order chi connectivity index (χ0) is 30.9. The van der Waals surface area contributed by atoms with Crippen molar-refractivity contribution in [1.29, 1.82) is 0 Å². The fourth-order valence-corrected chi connectivity index (χ4v) is 10.7. The predicted octanol–water partition coefficient (Wildman–Crippen LogP) is 8.19. The first kappa shape index (κ1) is 29.5. The zero-order valence-corrected chi connectivity index (χ0v) is 27.4. The molecular weight excluding hydrogens is 522 g/mol. The Labute approximate surface area is 252 Å². The largest absolute Gasteiger partial charge is 0.339 e. The Balaban J connectivity index is 1.52. The van der Waals surface area contributed by atoms with Crippen LogP contribution in [0, 0.1) is 51.4 Å². The number of carbonyl (C=O) groups is 2. The van der Waals surface area contributed by atoms with Gasteiger partial charge in [-0.3, -0.25) is 4.79 Å². The molecule has 5 aliphatic rings. The molecular formula is C36H49N3O3. The average molecular weight is 572 g/mol. The van der Waals surface area contributed by atoms with E-state index in [1.165, 1.54) is 0 Å². The van der Waals surface area contributed by atoms with Crippen LogP contribution in [0.2, 0.25) is 0 Å². The summed E-state index contributed by atoms with van der Waals surface area (Å²) in [6.45, 7) is 29.8. The number of rotatable bonds is 1. The molecule has 42 heavy (non-hydrogen) atoms. The Morgan fingerprint density at radius 3 is 2.26 bits per heavy atom. The van der Waals surface area contributed by atoms with E-state index in [0.29, 0.717) is 0 Å². The van der Waals surface area contributed by atoms with Crippen LogP contribution < -0.4 is 0 Å². The number of fused-ring (bicyclic) bond motifs is 7. The standard InChI is InChI=1S/C36H49N3O3/c1-30(2,3)28-38-29(42-39-28)36-16-14-31(4,5)19-21(36)26-23(40)18-25-33(8)20-22(37-11)27(41)32(6,7)24(33)12-13-34(25,9)35(26,10)15-17-36/h18,20-21,24,26H,12-17,19H2,1-10H3/t21-,24-,26-,33-,34+,35+,36-/m0/s1. The summed E-state index contributed by atoms with van der Waals surface area (Å²) in [5.41, 5.74) is -0.659. The summed E-state index contributed by atoms with van der Waals surface area (Å²) in [6.07, 6.45) is 10.6. The minimum Gasteiger partial charge on any atom is -0.339 e. The van der Waals surface area contributed by atoms with Crippen molar-refractivity contribution in [2.24, 2.45) is 44.8 Å². The van der Waals surface area contributed by atoms with Crippen molar-refractivity contribution in [1.82, 2.24) is 10.1 Å². The van der Waals surface area contributed by atoms with Gasteiger partial charge in [0.15, 0.2) is 17.4 Å². The van der Waals surface area contributed by atoms with E-state index < -0.39 is 10.8 Å². The fourth-order valence-electron chi connectivity index (χ4n) is 10.7. The third-order valence-electron chi connectivity index (χ3n) is 13.4. The lowest BCUT2D eigenvalue weighted by Gasteiger charge is -2.69. The van der Waals surface area contributed by atoms with Gasteiger partial charge in [-0.2, -0.15) is 4.98 Å². The number of allylic oxidation sites excluding steroid dienone is 4. The van der Waals surface area contributed by atoms with Crippen LogP contribution in [-0.4, -0.2) is 21.7 Å². The number of nitrogens with zero attached hydrogens (tertiary/aromatic N) is 3. The first-order chi connectivity index (χ1) is 19.3. The first-order valence-electron chi connectivity index (χ1n) is 16.0. The van der Waals surface area contributed by atoms with E-state index in [1.54, 1.807) is 0 Å². The molecule has 0 amide bonds. The van der Waals surface area contributed by atoms with Crippen molar-refractivity contribution in [2.45, 2.75) is 125 Å². The van der Waals surface area contributed by atoms with E-state index >= 15 is 0 Å². The summed E-state index contributed by atoms with van der Waals surface area (Å²) in [6, 6.07) is 0. The molecule has 6 heteroatoms. The van der Waals surface area contributed by atoms with Gasteiger partial charge in [0.05, 0.1) is 12.0 Å². The molecule has 6 nitrogen and oxygen atoms in total. The van der Waals surface area contributed by atoms with Crippen molar-refractivity contribution in [3.05, 3.63) is 46.6 Å². The van der Waals surface area contributed by atoms with E-state index in [2.05, 4.69) is 65.4 Å². The Morgan fingerprint density at radius 1 is 0.976 bits per heavy atom. The van der Waals surface area contributed by atoms with Crippen molar-refractivity contribution < 1.29 is 14.1 Å². The minimum absolute atomic E-state index is 0.0563. The van der Waals surface area contributed by atoms with Crippen molar-refractivity contribution >= 4 is 11.6 Å². The minimum atomic E-state index is -0.649. The molecule has 1 heterocycles. The van der Waals surface area contributed by atoms with Gasteiger partial charge >= 0.3 is 0 Å². The Kier molecular flexibility index (Phi) is 6.00. The van der Waals surface area contributed by atoms with Gasteiger partial charge in [-0.05, 0) is 79.1 Å². The van der Waals surface area contributed by atoms with Gasteiger partial charge in [-0.25, -0.2) is 4.85 Å². The number of hydrogen-bond donors (Lipinski definition) is 0. The molecule has 1 aromatic heterocycles. The quantitative estimate of drug-likeness (QED) is 0.318. The smallest absolute Gasteiger partial charge is 0.233 e. The third kappa shape index (κ3) is 3.61. The maximum Gasteiger partial charge on any atom is 0.233 e. The number of hydrogen-bond acceptors (Lipinski definition) is 5. The normalized spacial score (nSPS) is 42.3. The van der Waals surface area contributed by atoms with E-state index in [-0.39, 0.29) is 62.1 Å². The second kappa shape index (κ2) is 8.54. The molecule has 0 unspecified atom stereocenters. The van der Waals surface area contributed by atoms with Crippen LogP contribution in [0.25, 0.3) is 4.85 Å². The summed E-state index contributed by atoms with van der Waals surface area (Å²) < 4.78 is 6.13. The van der Waals surface area contributed by atoms with E-state index in [4.69, 9.17) is 16.1 Å². The molecule has 0 aliphatic heterocycles. The lowest BCUT2D eigenvalue weighted by atomic mass is 9.34. The van der Waals surface area contributed by atoms with E-state index in [0.717, 1.165) is 62.2 Å². The maximum absolute atomic E-state index is 14.7. The summed E-state index contributed by atoms with van der Waals surface area (Å²) in [5, 5.41) is 4.45. The summed E-state index contributed by atoms with van der Waals surface area (Å²) in [7, 11) is 0. The lowest BCUT2D eigenvalue weighted by molar-refractivity contribution is -0.161. The SMILES string of the molecule is [C-]#[N+]C1=C[C@]2(C)C3=CC(=O)[C@@H]4[C@@H]5CC(C)(C)CC[C@]5(c5nc(C(C)(C)C)no5)CC[C@@]4(C)[C@]3(C)CC[C@H]2C(C)(C)C1=O. The number of ketones is 2. The van der Waals surface area contributed by atoms with Crippen molar-refractivity contribution in [3.8, 4) is 0 Å². The summed E-state index contributed by atoms with van der Waals surface area (Å²) in [4.78, 5) is 36.8. The van der Waals surface area contributed by atoms with E-state index in [1.807, 2.05) is 26.0 Å². The highest BCUT2D eigenvalue weighted by molar-refractivity contribution is 6.03. The monoisotopic (exact) mass is 571 g/mol. The Bertz CT molecular complexity index is 1480. The van der Waals surface area contributed by atoms with Crippen LogP contribution in [0.5, 0.6) is 0 Å². The molecule has 3 fully saturated rings. The molecule has 6 rings (SSSR count). The topological polar surface area (TPSA) is 77.4 Å². The molecule has 0 N–H and O–H groups in total. The van der Waals surface area contributed by atoms with Crippen LogP contribution in [-0.2, 0) is 20.4 Å². The van der Waals surface area contributed by atoms with Gasteiger partial charge < -0.3 is 9.32 Å². The molecule has 5 aliphatic carbocycles. The Morgan fingerprint density at radius 2 is 1.64 bits per heavy atom. The third-order valence-corrected chi connectivity index (χ3v) is 13.4. The summed E-state index contributed by atoms with van der Waals surface area (Å²) >= 11 is 0. The Hall–Kier alpha value is -2.55. The van der Waals surface area contributed by atoms with Crippen LogP contribution in [0.1, 0.15) is 126 Å². The van der Waals surface area contributed by atoms with Gasteiger partial charge in [-0.15, -0.1) is 0 Å². The van der Waals surface area contributed by atoms with Gasteiger partial charge in [-0.1, -0.05) is 86.0 Å². The first-order valence-corrected chi connectivity index (χ1v) is 16.0. The van der Waals surface area contributed by atoms with Gasteiger partial charge in [0, 0.05) is 22.2 Å².